The fraction of sp³-hybridized carbons (Fsp3) is 0.438. The van der Waals surface area contributed by atoms with Crippen molar-refractivity contribution in [2.24, 2.45) is 11.7 Å². The minimum absolute atomic E-state index is 0.0875. The average molecular weight is 257 g/mol. The van der Waals surface area contributed by atoms with Crippen LogP contribution in [0.1, 0.15) is 27.2 Å². The molecule has 0 bridgehead atoms. The highest BCUT2D eigenvalue weighted by atomic mass is 15.1. The Morgan fingerprint density at radius 2 is 1.95 bits per heavy atom. The molecule has 0 radical (unpaired) electrons. The zero-order valence-electron chi connectivity index (χ0n) is 12.0. The van der Waals surface area contributed by atoms with Gasteiger partial charge in [-0.05, 0) is 24.8 Å². The third-order valence-electron chi connectivity index (χ3n) is 3.58. The van der Waals surface area contributed by atoms with Crippen LogP contribution in [0.25, 0.3) is 11.3 Å². The fourth-order valence-electron chi connectivity index (χ4n) is 2.71. The van der Waals surface area contributed by atoms with E-state index in [1.165, 1.54) is 5.56 Å². The highest BCUT2D eigenvalue weighted by Gasteiger charge is 2.28. The summed E-state index contributed by atoms with van der Waals surface area (Å²) in [5.41, 5.74) is 8.27. The lowest BCUT2D eigenvalue weighted by Gasteiger charge is -2.33. The van der Waals surface area contributed by atoms with Gasteiger partial charge < -0.3 is 10.3 Å². The molecule has 3 heteroatoms. The predicted molar refractivity (Wildman–Crippen MR) is 79.8 cm³/mol. The molecule has 0 fully saturated rings. The maximum Gasteiger partial charge on any atom is 0.0956 e. The van der Waals surface area contributed by atoms with Crippen molar-refractivity contribution >= 4 is 0 Å². The van der Waals surface area contributed by atoms with Crippen molar-refractivity contribution < 1.29 is 0 Å². The van der Waals surface area contributed by atoms with Gasteiger partial charge in [-0.3, -0.25) is 0 Å². The Morgan fingerprint density at radius 3 is 2.53 bits per heavy atom. The van der Waals surface area contributed by atoms with Crippen LogP contribution in [0.15, 0.2) is 42.9 Å². The van der Waals surface area contributed by atoms with Crippen LogP contribution in [0.4, 0.5) is 0 Å². The van der Waals surface area contributed by atoms with E-state index in [9.17, 15) is 0 Å². The van der Waals surface area contributed by atoms with Gasteiger partial charge in [0.25, 0.3) is 0 Å². The van der Waals surface area contributed by atoms with Crippen LogP contribution in [-0.2, 0) is 5.54 Å². The second-order valence-corrected chi connectivity index (χ2v) is 5.81. The number of imidazole rings is 1. The summed E-state index contributed by atoms with van der Waals surface area (Å²) in [5.74, 6) is 0.597. The Hall–Kier alpha value is -1.61. The van der Waals surface area contributed by atoms with E-state index in [0.717, 1.165) is 12.1 Å². The molecular formula is C16H23N3. The van der Waals surface area contributed by atoms with Gasteiger partial charge in [-0.2, -0.15) is 0 Å². The third kappa shape index (κ3) is 2.87. The Balaban J connectivity index is 2.43. The van der Waals surface area contributed by atoms with Crippen LogP contribution in [0.2, 0.25) is 0 Å². The molecule has 0 spiro atoms. The zero-order chi connectivity index (χ0) is 13.9. The molecular weight excluding hydrogens is 234 g/mol. The number of nitrogens with two attached hydrogens (primary N) is 1. The molecule has 1 heterocycles. The molecule has 1 atom stereocenters. The molecule has 0 amide bonds. The van der Waals surface area contributed by atoms with Gasteiger partial charge in [-0.1, -0.05) is 44.2 Å². The van der Waals surface area contributed by atoms with Gasteiger partial charge in [-0.15, -0.1) is 0 Å². The van der Waals surface area contributed by atoms with E-state index in [-0.39, 0.29) is 5.54 Å². The highest BCUT2D eigenvalue weighted by molar-refractivity contribution is 5.59. The van der Waals surface area contributed by atoms with Crippen LogP contribution in [0.3, 0.4) is 0 Å². The van der Waals surface area contributed by atoms with Crippen molar-refractivity contribution in [1.29, 1.82) is 0 Å². The van der Waals surface area contributed by atoms with Crippen LogP contribution in [0.5, 0.6) is 0 Å². The Kier molecular flexibility index (Phi) is 4.05. The zero-order valence-corrected chi connectivity index (χ0v) is 12.0. The first kappa shape index (κ1) is 13.8. The summed E-state index contributed by atoms with van der Waals surface area (Å²) in [6.45, 7) is 7.28. The molecule has 1 unspecified atom stereocenters. The average Bonchev–Trinajstić information content (AvgIpc) is 2.88. The molecule has 0 aliphatic heterocycles. The van der Waals surface area contributed by atoms with E-state index in [1.807, 2.05) is 18.6 Å². The summed E-state index contributed by atoms with van der Waals surface area (Å²) in [7, 11) is 0. The summed E-state index contributed by atoms with van der Waals surface area (Å²) < 4.78 is 2.22. The van der Waals surface area contributed by atoms with E-state index < -0.39 is 0 Å². The predicted octanol–water partition coefficient (Wildman–Crippen LogP) is 3.27. The maximum atomic E-state index is 6.04. The molecule has 19 heavy (non-hydrogen) atoms. The second-order valence-electron chi connectivity index (χ2n) is 5.81. The first-order valence-corrected chi connectivity index (χ1v) is 6.85. The molecule has 102 valence electrons. The number of aromatic nitrogens is 2. The van der Waals surface area contributed by atoms with E-state index in [4.69, 9.17) is 5.73 Å². The van der Waals surface area contributed by atoms with Crippen LogP contribution < -0.4 is 5.73 Å². The number of hydrogen-bond acceptors (Lipinski definition) is 2. The summed E-state index contributed by atoms with van der Waals surface area (Å²) >= 11 is 0. The SMILES string of the molecule is CC(C)CC(C)(CN)n1cncc1-c1ccccc1. The highest BCUT2D eigenvalue weighted by Crippen LogP contribution is 2.30. The lowest BCUT2D eigenvalue weighted by molar-refractivity contribution is 0.267. The summed E-state index contributed by atoms with van der Waals surface area (Å²) in [6, 6.07) is 10.4. The van der Waals surface area contributed by atoms with Gasteiger partial charge in [-0.25, -0.2) is 4.98 Å². The smallest absolute Gasteiger partial charge is 0.0956 e. The first-order chi connectivity index (χ1) is 9.07. The number of rotatable bonds is 5. The molecule has 2 N–H and O–H groups in total. The van der Waals surface area contributed by atoms with Crippen LogP contribution >= 0.6 is 0 Å². The maximum absolute atomic E-state index is 6.04. The number of hydrogen-bond donors (Lipinski definition) is 1. The third-order valence-corrected chi connectivity index (χ3v) is 3.58. The molecule has 0 aliphatic carbocycles. The first-order valence-electron chi connectivity index (χ1n) is 6.85. The molecule has 3 nitrogen and oxygen atoms in total. The lowest BCUT2D eigenvalue weighted by Crippen LogP contribution is -2.39. The lowest BCUT2D eigenvalue weighted by atomic mass is 9.90. The molecule has 0 saturated heterocycles. The number of nitrogens with zero attached hydrogens (tertiary/aromatic N) is 2. The van der Waals surface area contributed by atoms with Gasteiger partial charge in [0.2, 0.25) is 0 Å². The normalized spacial score (nSPS) is 14.6. The minimum Gasteiger partial charge on any atom is -0.328 e. The van der Waals surface area contributed by atoms with Gasteiger partial charge >= 0.3 is 0 Å². The van der Waals surface area contributed by atoms with Gasteiger partial charge in [0.05, 0.1) is 23.8 Å². The summed E-state index contributed by atoms with van der Waals surface area (Å²) in [5, 5.41) is 0. The van der Waals surface area contributed by atoms with Crippen molar-refractivity contribution in [1.82, 2.24) is 9.55 Å². The van der Waals surface area contributed by atoms with E-state index in [1.54, 1.807) is 0 Å². The molecule has 1 aromatic heterocycles. The van der Waals surface area contributed by atoms with Crippen LogP contribution in [0, 0.1) is 5.92 Å². The standard InChI is InChI=1S/C16H23N3/c1-13(2)9-16(3,11-17)19-12-18-10-15(19)14-7-5-4-6-8-14/h4-8,10,12-13H,9,11,17H2,1-3H3. The van der Waals surface area contributed by atoms with E-state index in [2.05, 4.69) is 54.6 Å². The quantitative estimate of drug-likeness (QED) is 0.893. The fourth-order valence-corrected chi connectivity index (χ4v) is 2.71. The van der Waals surface area contributed by atoms with Crippen molar-refractivity contribution in [3.05, 3.63) is 42.9 Å². The summed E-state index contributed by atoms with van der Waals surface area (Å²) in [6.07, 6.45) is 4.86. The van der Waals surface area contributed by atoms with Crippen molar-refractivity contribution in [3.8, 4) is 11.3 Å². The van der Waals surface area contributed by atoms with Crippen molar-refractivity contribution in [2.45, 2.75) is 32.7 Å². The molecule has 1 aromatic carbocycles. The largest absolute Gasteiger partial charge is 0.328 e. The molecule has 2 rings (SSSR count). The van der Waals surface area contributed by atoms with Gasteiger partial charge in [0.1, 0.15) is 0 Å². The minimum atomic E-state index is -0.0875. The van der Waals surface area contributed by atoms with Crippen molar-refractivity contribution in [2.75, 3.05) is 6.54 Å². The molecule has 2 aromatic rings. The number of benzene rings is 1. The summed E-state index contributed by atoms with van der Waals surface area (Å²) in [4.78, 5) is 4.33. The second kappa shape index (κ2) is 5.57. The van der Waals surface area contributed by atoms with Gasteiger partial charge in [0.15, 0.2) is 0 Å². The molecule has 0 saturated carbocycles. The van der Waals surface area contributed by atoms with Crippen molar-refractivity contribution in [3.63, 3.8) is 0 Å². The monoisotopic (exact) mass is 257 g/mol. The van der Waals surface area contributed by atoms with Crippen LogP contribution in [-0.4, -0.2) is 16.1 Å². The molecule has 0 aliphatic rings. The van der Waals surface area contributed by atoms with Gasteiger partial charge in [0, 0.05) is 6.54 Å². The topological polar surface area (TPSA) is 43.8 Å². The Labute approximate surface area is 115 Å². The Bertz CT molecular complexity index is 516. The van der Waals surface area contributed by atoms with E-state index >= 15 is 0 Å². The van der Waals surface area contributed by atoms with E-state index in [0.29, 0.717) is 12.5 Å². The Morgan fingerprint density at radius 1 is 1.26 bits per heavy atom.